The molecule has 0 saturated carbocycles. The average Bonchev–Trinajstić information content (AvgIpc) is 2.46. The van der Waals surface area contributed by atoms with Gasteiger partial charge in [-0.05, 0) is 6.07 Å². The Hall–Kier alpha value is -2.51. The number of carbonyl (C=O) groups excluding carboxylic acids is 2. The van der Waals surface area contributed by atoms with Gasteiger partial charge in [-0.3, -0.25) is 9.59 Å². The summed E-state index contributed by atoms with van der Waals surface area (Å²) in [4.78, 5) is 24.8. The van der Waals surface area contributed by atoms with E-state index in [1.807, 2.05) is 0 Å². The maximum atomic E-state index is 12.5. The second-order valence-electron chi connectivity index (χ2n) is 4.58. The molecule has 6 nitrogen and oxygen atoms in total. The van der Waals surface area contributed by atoms with Gasteiger partial charge in [-0.2, -0.15) is 0 Å². The highest BCUT2D eigenvalue weighted by Crippen LogP contribution is 2.37. The molecule has 0 aromatic heterocycles. The van der Waals surface area contributed by atoms with Crippen molar-refractivity contribution in [1.29, 1.82) is 0 Å². The zero-order chi connectivity index (χ0) is 15.3. The lowest BCUT2D eigenvalue weighted by molar-refractivity contribution is 0.0980. The van der Waals surface area contributed by atoms with Gasteiger partial charge in [0.15, 0.2) is 22.6 Å². The summed E-state index contributed by atoms with van der Waals surface area (Å²) < 4.78 is 20.5. The number of fused-ring (bicyclic) bond motifs is 2. The Kier molecular flexibility index (Phi) is 2.89. The van der Waals surface area contributed by atoms with Crippen molar-refractivity contribution in [3.63, 3.8) is 0 Å². The first-order valence-electron chi connectivity index (χ1n) is 5.94. The molecule has 0 amide bonds. The molecule has 3 rings (SSSR count). The minimum Gasteiger partial charge on any atom is -0.398 e. The summed E-state index contributed by atoms with van der Waals surface area (Å²) in [7, 11) is 0. The molecule has 106 valence electrons. The molecule has 0 aliphatic heterocycles. The van der Waals surface area contributed by atoms with Crippen molar-refractivity contribution in [2.75, 3.05) is 11.5 Å². The van der Waals surface area contributed by atoms with Gasteiger partial charge in [-0.1, -0.05) is 24.3 Å². The quantitative estimate of drug-likeness (QED) is 0.458. The molecule has 1 aliphatic rings. The van der Waals surface area contributed by atoms with E-state index in [0.717, 1.165) is 6.07 Å². The van der Waals surface area contributed by atoms with Crippen LogP contribution in [-0.4, -0.2) is 20.3 Å². The first-order valence-corrected chi connectivity index (χ1v) is 7.05. The second kappa shape index (κ2) is 4.51. The highest BCUT2D eigenvalue weighted by molar-refractivity contribution is 7.79. The van der Waals surface area contributed by atoms with Crippen LogP contribution in [0.4, 0.5) is 11.4 Å². The molecule has 2 aromatic rings. The van der Waals surface area contributed by atoms with Crippen LogP contribution in [0.5, 0.6) is 0 Å². The third-order valence-electron chi connectivity index (χ3n) is 3.42. The Morgan fingerprint density at radius 1 is 0.952 bits per heavy atom. The monoisotopic (exact) mass is 302 g/mol. The van der Waals surface area contributed by atoms with E-state index in [0.29, 0.717) is 0 Å². The molecule has 2 aromatic carbocycles. The smallest absolute Gasteiger partial charge is 0.196 e. The van der Waals surface area contributed by atoms with Crippen molar-refractivity contribution in [2.24, 2.45) is 0 Å². The molecule has 1 unspecified atom stereocenters. The van der Waals surface area contributed by atoms with Gasteiger partial charge in [0.05, 0.1) is 21.7 Å². The van der Waals surface area contributed by atoms with Crippen LogP contribution in [0.1, 0.15) is 31.8 Å². The fourth-order valence-electron chi connectivity index (χ4n) is 2.47. The van der Waals surface area contributed by atoms with E-state index in [-0.39, 0.29) is 38.5 Å². The van der Waals surface area contributed by atoms with E-state index >= 15 is 0 Å². The van der Waals surface area contributed by atoms with Gasteiger partial charge in [0.25, 0.3) is 0 Å². The highest BCUT2D eigenvalue weighted by Gasteiger charge is 2.34. The Bertz CT molecular complexity index is 845. The molecular weight excluding hydrogens is 292 g/mol. The zero-order valence-electron chi connectivity index (χ0n) is 10.6. The van der Waals surface area contributed by atoms with Crippen molar-refractivity contribution >= 4 is 34.0 Å². The predicted octanol–water partition coefficient (Wildman–Crippen LogP) is 1.21. The third-order valence-corrected chi connectivity index (χ3v) is 4.13. The number of benzene rings is 2. The number of ketones is 2. The van der Waals surface area contributed by atoms with Crippen LogP contribution in [-0.2, 0) is 11.1 Å². The predicted molar refractivity (Wildman–Crippen MR) is 77.6 cm³/mol. The van der Waals surface area contributed by atoms with E-state index in [2.05, 4.69) is 0 Å². The van der Waals surface area contributed by atoms with Crippen molar-refractivity contribution in [2.45, 2.75) is 4.90 Å². The van der Waals surface area contributed by atoms with Gasteiger partial charge in [0, 0.05) is 16.8 Å². The molecule has 0 radical (unpaired) electrons. The van der Waals surface area contributed by atoms with Crippen LogP contribution in [0.25, 0.3) is 0 Å². The lowest BCUT2D eigenvalue weighted by Gasteiger charge is -2.21. The van der Waals surface area contributed by atoms with Crippen LogP contribution >= 0.6 is 0 Å². The van der Waals surface area contributed by atoms with E-state index in [1.165, 1.54) is 12.1 Å². The van der Waals surface area contributed by atoms with Crippen molar-refractivity contribution in [3.05, 3.63) is 52.6 Å². The second-order valence-corrected chi connectivity index (χ2v) is 5.52. The standard InChI is InChI=1S/C14H10N2O4S/c15-8-5-9(21(19)20)12(16)11-10(8)13(17)6-3-1-2-4-7(6)14(11)18/h1-5H,15-16H2,(H,19,20). The van der Waals surface area contributed by atoms with Gasteiger partial charge >= 0.3 is 0 Å². The van der Waals surface area contributed by atoms with Gasteiger partial charge in [-0.15, -0.1) is 0 Å². The highest BCUT2D eigenvalue weighted by atomic mass is 32.2. The number of anilines is 2. The topological polar surface area (TPSA) is 123 Å². The number of rotatable bonds is 1. The van der Waals surface area contributed by atoms with Crippen LogP contribution in [0.3, 0.4) is 0 Å². The number of carbonyl (C=O) groups is 2. The van der Waals surface area contributed by atoms with Gasteiger partial charge < -0.3 is 16.0 Å². The average molecular weight is 302 g/mol. The van der Waals surface area contributed by atoms with Crippen molar-refractivity contribution in [1.82, 2.24) is 0 Å². The van der Waals surface area contributed by atoms with E-state index in [9.17, 15) is 18.4 Å². The molecule has 0 fully saturated rings. The summed E-state index contributed by atoms with van der Waals surface area (Å²) >= 11 is -2.40. The van der Waals surface area contributed by atoms with Crippen LogP contribution in [0, 0.1) is 0 Å². The van der Waals surface area contributed by atoms with Crippen LogP contribution in [0.15, 0.2) is 35.2 Å². The fourth-order valence-corrected chi connectivity index (χ4v) is 2.98. The molecule has 5 N–H and O–H groups in total. The van der Waals surface area contributed by atoms with Crippen LogP contribution in [0.2, 0.25) is 0 Å². The Morgan fingerprint density at radius 3 is 2.00 bits per heavy atom. The first-order chi connectivity index (χ1) is 9.93. The van der Waals surface area contributed by atoms with Crippen LogP contribution < -0.4 is 11.5 Å². The summed E-state index contributed by atoms with van der Waals surface area (Å²) in [6.45, 7) is 0. The molecule has 1 aliphatic carbocycles. The Balaban J connectivity index is 2.41. The molecular formula is C14H10N2O4S. The summed E-state index contributed by atoms with van der Waals surface area (Å²) in [6, 6.07) is 7.47. The molecule has 21 heavy (non-hydrogen) atoms. The largest absolute Gasteiger partial charge is 0.398 e. The van der Waals surface area contributed by atoms with E-state index in [1.54, 1.807) is 12.1 Å². The molecule has 1 atom stereocenters. The number of hydrogen-bond acceptors (Lipinski definition) is 5. The SMILES string of the molecule is Nc1cc(S(=O)O)c(N)c2c1C(=O)c1ccccc1C2=O. The van der Waals surface area contributed by atoms with Gasteiger partial charge in [0.1, 0.15) is 0 Å². The van der Waals surface area contributed by atoms with Crippen molar-refractivity contribution in [3.8, 4) is 0 Å². The fraction of sp³-hybridized carbons (Fsp3) is 0. The Morgan fingerprint density at radius 2 is 1.48 bits per heavy atom. The zero-order valence-corrected chi connectivity index (χ0v) is 11.4. The van der Waals surface area contributed by atoms with E-state index in [4.69, 9.17) is 11.5 Å². The molecule has 0 saturated heterocycles. The van der Waals surface area contributed by atoms with Gasteiger partial charge in [-0.25, -0.2) is 4.21 Å². The van der Waals surface area contributed by atoms with Gasteiger partial charge in [0.2, 0.25) is 0 Å². The number of nitrogen functional groups attached to an aromatic ring is 2. The number of hydrogen-bond donors (Lipinski definition) is 3. The number of nitrogens with two attached hydrogens (primary N) is 2. The third kappa shape index (κ3) is 1.78. The van der Waals surface area contributed by atoms with E-state index < -0.39 is 22.6 Å². The first kappa shape index (κ1) is 13.5. The van der Waals surface area contributed by atoms with Crippen molar-refractivity contribution < 1.29 is 18.4 Å². The summed E-state index contributed by atoms with van der Waals surface area (Å²) in [5, 5.41) is 0. The lowest BCUT2D eigenvalue weighted by atomic mass is 9.82. The minimum atomic E-state index is -2.40. The minimum absolute atomic E-state index is 0.00889. The summed E-state index contributed by atoms with van der Waals surface area (Å²) in [5.74, 6) is -0.892. The maximum absolute atomic E-state index is 12.5. The maximum Gasteiger partial charge on any atom is 0.196 e. The lowest BCUT2D eigenvalue weighted by Crippen LogP contribution is -2.24. The molecule has 0 heterocycles. The molecule has 0 spiro atoms. The molecule has 7 heteroatoms. The molecule has 0 bridgehead atoms. The Labute approximate surface area is 122 Å². The normalized spacial score (nSPS) is 14.5. The summed E-state index contributed by atoms with van der Waals surface area (Å²) in [6.07, 6.45) is 0. The summed E-state index contributed by atoms with van der Waals surface area (Å²) in [5.41, 5.74) is 11.7.